The van der Waals surface area contributed by atoms with Crippen molar-refractivity contribution in [3.63, 3.8) is 0 Å². The van der Waals surface area contributed by atoms with E-state index >= 15 is 0 Å². The fourth-order valence-electron chi connectivity index (χ4n) is 2.90. The molecule has 1 aliphatic rings. The van der Waals surface area contributed by atoms with Crippen LogP contribution in [0, 0.1) is 13.8 Å². The van der Waals surface area contributed by atoms with Gasteiger partial charge in [0, 0.05) is 18.2 Å². The molecule has 6 nitrogen and oxygen atoms in total. The summed E-state index contributed by atoms with van der Waals surface area (Å²) in [5.74, 6) is 1.49. The molecule has 3 aromatic rings. The lowest BCUT2D eigenvalue weighted by Crippen LogP contribution is -2.16. The van der Waals surface area contributed by atoms with Gasteiger partial charge in [0.2, 0.25) is 0 Å². The first kappa shape index (κ1) is 13.5. The highest BCUT2D eigenvalue weighted by Gasteiger charge is 2.23. The van der Waals surface area contributed by atoms with Gasteiger partial charge in [-0.2, -0.15) is 10.1 Å². The Bertz CT molecular complexity index is 815. The predicted molar refractivity (Wildman–Crippen MR) is 80.8 cm³/mol. The number of aryl methyl sites for hydroxylation is 2. The fraction of sp³-hybridized carbons (Fsp3) is 0.438. The van der Waals surface area contributed by atoms with E-state index in [9.17, 15) is 0 Å². The lowest BCUT2D eigenvalue weighted by Gasteiger charge is -2.18. The first-order valence-electron chi connectivity index (χ1n) is 7.59. The Kier molecular flexibility index (Phi) is 3.18. The normalized spacial score (nSPS) is 18.9. The molecule has 1 fully saturated rings. The van der Waals surface area contributed by atoms with Crippen LogP contribution in [0.15, 0.2) is 22.9 Å². The quantitative estimate of drug-likeness (QED) is 0.728. The van der Waals surface area contributed by atoms with Crippen molar-refractivity contribution in [1.82, 2.24) is 19.8 Å². The van der Waals surface area contributed by atoms with Crippen LogP contribution in [-0.4, -0.2) is 33.0 Å². The third-order valence-electron chi connectivity index (χ3n) is 4.38. The molecule has 0 saturated carbocycles. The van der Waals surface area contributed by atoms with Gasteiger partial charge in [-0.25, -0.2) is 4.52 Å². The van der Waals surface area contributed by atoms with E-state index in [4.69, 9.17) is 9.26 Å². The monoisotopic (exact) mass is 298 g/mol. The summed E-state index contributed by atoms with van der Waals surface area (Å²) in [5, 5.41) is 8.58. The second-order valence-corrected chi connectivity index (χ2v) is 5.83. The van der Waals surface area contributed by atoms with Crippen LogP contribution < -0.4 is 0 Å². The molecule has 114 valence electrons. The molecule has 22 heavy (non-hydrogen) atoms. The maximum atomic E-state index is 5.50. The molecule has 0 radical (unpaired) electrons. The van der Waals surface area contributed by atoms with Crippen molar-refractivity contribution in [1.29, 1.82) is 0 Å². The van der Waals surface area contributed by atoms with Crippen LogP contribution in [-0.2, 0) is 4.74 Å². The molecule has 0 aromatic carbocycles. The summed E-state index contributed by atoms with van der Waals surface area (Å²) in [7, 11) is 0. The molecule has 1 unspecified atom stereocenters. The standard InChI is InChI=1S/C16H18N4O2/c1-10-5-6-14-13(8-17-20(14)11(10)2)16-18-15(19-22-16)12-4-3-7-21-9-12/h5-6,8,12H,3-4,7,9H2,1-2H3. The summed E-state index contributed by atoms with van der Waals surface area (Å²) in [4.78, 5) is 4.57. The first-order chi connectivity index (χ1) is 10.7. The predicted octanol–water partition coefficient (Wildman–Crippen LogP) is 2.90. The number of nitrogens with zero attached hydrogens (tertiary/aromatic N) is 4. The van der Waals surface area contributed by atoms with Gasteiger partial charge in [0.05, 0.1) is 23.9 Å². The van der Waals surface area contributed by atoms with Crippen molar-refractivity contribution >= 4 is 5.52 Å². The Labute approximate surface area is 128 Å². The van der Waals surface area contributed by atoms with E-state index in [-0.39, 0.29) is 5.92 Å². The molecule has 1 aliphatic heterocycles. The van der Waals surface area contributed by atoms with E-state index in [1.54, 1.807) is 6.20 Å². The van der Waals surface area contributed by atoms with Crippen molar-refractivity contribution in [2.75, 3.05) is 13.2 Å². The summed E-state index contributed by atoms with van der Waals surface area (Å²) in [6, 6.07) is 4.13. The summed E-state index contributed by atoms with van der Waals surface area (Å²) in [5.41, 5.74) is 4.17. The van der Waals surface area contributed by atoms with Crippen LogP contribution in [0.2, 0.25) is 0 Å². The van der Waals surface area contributed by atoms with Gasteiger partial charge in [0.1, 0.15) is 0 Å². The molecule has 1 atom stereocenters. The smallest absolute Gasteiger partial charge is 0.261 e. The molecule has 0 amide bonds. The fourth-order valence-corrected chi connectivity index (χ4v) is 2.90. The van der Waals surface area contributed by atoms with Crippen molar-refractivity contribution in [2.45, 2.75) is 32.6 Å². The molecular weight excluding hydrogens is 280 g/mol. The van der Waals surface area contributed by atoms with Crippen LogP contribution in [0.3, 0.4) is 0 Å². The Morgan fingerprint density at radius 1 is 1.27 bits per heavy atom. The van der Waals surface area contributed by atoms with Crippen LogP contribution in [0.5, 0.6) is 0 Å². The highest BCUT2D eigenvalue weighted by Crippen LogP contribution is 2.28. The van der Waals surface area contributed by atoms with Crippen molar-refractivity contribution in [3.8, 4) is 11.5 Å². The van der Waals surface area contributed by atoms with Gasteiger partial charge in [-0.05, 0) is 38.3 Å². The van der Waals surface area contributed by atoms with Crippen molar-refractivity contribution in [2.24, 2.45) is 0 Å². The number of hydrogen-bond donors (Lipinski definition) is 0. The number of hydrogen-bond acceptors (Lipinski definition) is 5. The zero-order chi connectivity index (χ0) is 15.1. The molecule has 4 rings (SSSR count). The summed E-state index contributed by atoms with van der Waals surface area (Å²) in [6.07, 6.45) is 3.88. The number of ether oxygens (including phenoxy) is 1. The largest absolute Gasteiger partial charge is 0.381 e. The zero-order valence-electron chi connectivity index (χ0n) is 12.7. The van der Waals surface area contributed by atoms with Crippen LogP contribution in [0.1, 0.15) is 35.8 Å². The number of rotatable bonds is 2. The third kappa shape index (κ3) is 2.11. The molecule has 0 aliphatic carbocycles. The van der Waals surface area contributed by atoms with Gasteiger partial charge in [-0.1, -0.05) is 11.2 Å². The summed E-state index contributed by atoms with van der Waals surface area (Å²) in [6.45, 7) is 5.63. The van der Waals surface area contributed by atoms with E-state index in [1.165, 1.54) is 5.56 Å². The first-order valence-corrected chi connectivity index (χ1v) is 7.59. The maximum Gasteiger partial charge on any atom is 0.261 e. The van der Waals surface area contributed by atoms with Crippen LogP contribution >= 0.6 is 0 Å². The van der Waals surface area contributed by atoms with Gasteiger partial charge in [0.25, 0.3) is 5.89 Å². The minimum atomic E-state index is 0.233. The average Bonchev–Trinajstić information content (AvgIpc) is 3.18. The van der Waals surface area contributed by atoms with E-state index in [2.05, 4.69) is 35.2 Å². The van der Waals surface area contributed by atoms with Gasteiger partial charge in [-0.15, -0.1) is 0 Å². The topological polar surface area (TPSA) is 65.5 Å². The minimum Gasteiger partial charge on any atom is -0.381 e. The van der Waals surface area contributed by atoms with Crippen LogP contribution in [0.4, 0.5) is 0 Å². The Balaban J connectivity index is 1.73. The highest BCUT2D eigenvalue weighted by atomic mass is 16.5. The zero-order valence-corrected chi connectivity index (χ0v) is 12.7. The SMILES string of the molecule is Cc1ccc2c(-c3nc(C4CCCOC4)no3)cnn2c1C. The lowest BCUT2D eigenvalue weighted by molar-refractivity contribution is 0.0773. The van der Waals surface area contributed by atoms with Crippen molar-refractivity contribution < 1.29 is 9.26 Å². The van der Waals surface area contributed by atoms with Gasteiger partial charge < -0.3 is 9.26 Å². The Morgan fingerprint density at radius 2 is 2.18 bits per heavy atom. The van der Waals surface area contributed by atoms with Gasteiger partial charge in [-0.3, -0.25) is 0 Å². The molecule has 1 saturated heterocycles. The molecule has 0 spiro atoms. The van der Waals surface area contributed by atoms with E-state index in [0.29, 0.717) is 12.5 Å². The Morgan fingerprint density at radius 3 is 3.00 bits per heavy atom. The molecule has 0 bridgehead atoms. The van der Waals surface area contributed by atoms with Gasteiger partial charge in [0.15, 0.2) is 5.82 Å². The highest BCUT2D eigenvalue weighted by molar-refractivity contribution is 5.75. The maximum absolute atomic E-state index is 5.50. The summed E-state index contributed by atoms with van der Waals surface area (Å²) >= 11 is 0. The molecule has 6 heteroatoms. The molecular formula is C16H18N4O2. The minimum absolute atomic E-state index is 0.233. The molecule has 0 N–H and O–H groups in total. The third-order valence-corrected chi connectivity index (χ3v) is 4.38. The van der Waals surface area contributed by atoms with E-state index in [0.717, 1.165) is 42.0 Å². The van der Waals surface area contributed by atoms with E-state index < -0.39 is 0 Å². The second kappa shape index (κ2) is 5.21. The number of fused-ring (bicyclic) bond motifs is 1. The average molecular weight is 298 g/mol. The lowest BCUT2D eigenvalue weighted by atomic mass is 10.0. The number of aromatic nitrogens is 4. The molecule has 4 heterocycles. The van der Waals surface area contributed by atoms with Gasteiger partial charge >= 0.3 is 0 Å². The van der Waals surface area contributed by atoms with Crippen molar-refractivity contribution in [3.05, 3.63) is 35.4 Å². The molecule has 3 aromatic heterocycles. The summed E-state index contributed by atoms with van der Waals surface area (Å²) < 4.78 is 12.9. The Hall–Kier alpha value is -2.21. The van der Waals surface area contributed by atoms with E-state index in [1.807, 2.05) is 10.6 Å². The number of pyridine rings is 1. The van der Waals surface area contributed by atoms with Crippen LogP contribution in [0.25, 0.3) is 17.0 Å². The second-order valence-electron chi connectivity index (χ2n) is 5.83.